The van der Waals surface area contributed by atoms with Crippen LogP contribution in [0.1, 0.15) is 36.1 Å². The lowest BCUT2D eigenvalue weighted by molar-refractivity contribution is 0.414. The average Bonchev–Trinajstić information content (AvgIpc) is 2.69. The molecule has 3 aromatic rings. The van der Waals surface area contributed by atoms with E-state index in [9.17, 15) is 5.26 Å². The number of aryl methyl sites for hydroxylation is 1. The Morgan fingerprint density at radius 1 is 0.815 bits per heavy atom. The third kappa shape index (κ3) is 3.80. The highest BCUT2D eigenvalue weighted by molar-refractivity contribution is 5.50. The number of nitrogens with zero attached hydrogens (tertiary/aromatic N) is 1. The Bertz CT molecular complexity index is 965. The van der Waals surface area contributed by atoms with Crippen molar-refractivity contribution in [3.8, 4) is 23.3 Å². The predicted molar refractivity (Wildman–Crippen MR) is 108 cm³/mol. The molecule has 0 atom stereocenters. The fraction of sp³-hybridized carbons (Fsp3) is 0.208. The number of rotatable bonds is 5. The van der Waals surface area contributed by atoms with Crippen molar-refractivity contribution >= 4 is 0 Å². The highest BCUT2D eigenvalue weighted by Gasteiger charge is 2.23. The van der Waals surface area contributed by atoms with Gasteiger partial charge in [0.15, 0.2) is 0 Å². The first kappa shape index (κ1) is 18.5. The topological polar surface area (TPSA) is 42.2 Å². The van der Waals surface area contributed by atoms with E-state index in [-0.39, 0.29) is 5.41 Å². The zero-order valence-corrected chi connectivity index (χ0v) is 16.1. The van der Waals surface area contributed by atoms with Crippen LogP contribution in [0.2, 0.25) is 0 Å². The standard InChI is InChI=1S/C24H23NO2/c1-17-6-5-7-23(22(17)16-25)27-21-14-10-19(11-15-21)24(2,3)18-8-12-20(26-4)13-9-18/h5-15H,1-4H3. The molecule has 27 heavy (non-hydrogen) atoms. The quantitative estimate of drug-likeness (QED) is 0.563. The van der Waals surface area contributed by atoms with Crippen molar-refractivity contribution in [2.75, 3.05) is 7.11 Å². The third-order valence-corrected chi connectivity index (χ3v) is 4.96. The first-order valence-electron chi connectivity index (χ1n) is 8.88. The van der Waals surface area contributed by atoms with Crippen molar-refractivity contribution in [3.63, 3.8) is 0 Å². The summed E-state index contributed by atoms with van der Waals surface area (Å²) in [5.41, 5.74) is 3.73. The number of ether oxygens (including phenoxy) is 2. The van der Waals surface area contributed by atoms with Crippen LogP contribution in [0.5, 0.6) is 17.2 Å². The molecule has 0 heterocycles. The lowest BCUT2D eigenvalue weighted by atomic mass is 9.78. The van der Waals surface area contributed by atoms with Crippen LogP contribution in [0, 0.1) is 18.3 Å². The van der Waals surface area contributed by atoms with Crippen LogP contribution in [0.4, 0.5) is 0 Å². The van der Waals surface area contributed by atoms with Crippen LogP contribution in [-0.2, 0) is 5.41 Å². The van der Waals surface area contributed by atoms with Crippen LogP contribution in [0.25, 0.3) is 0 Å². The van der Waals surface area contributed by atoms with E-state index in [0.29, 0.717) is 17.1 Å². The largest absolute Gasteiger partial charge is 0.497 e. The molecule has 0 aliphatic rings. The summed E-state index contributed by atoms with van der Waals surface area (Å²) in [5.74, 6) is 2.15. The second-order valence-electron chi connectivity index (χ2n) is 7.04. The summed E-state index contributed by atoms with van der Waals surface area (Å²) in [5, 5.41) is 9.35. The van der Waals surface area contributed by atoms with Gasteiger partial charge in [-0.1, -0.05) is 50.2 Å². The molecule has 136 valence electrons. The van der Waals surface area contributed by atoms with Crippen molar-refractivity contribution in [2.24, 2.45) is 0 Å². The molecule has 3 rings (SSSR count). The van der Waals surface area contributed by atoms with Crippen LogP contribution in [0.3, 0.4) is 0 Å². The maximum Gasteiger partial charge on any atom is 0.145 e. The molecular weight excluding hydrogens is 334 g/mol. The van der Waals surface area contributed by atoms with Gasteiger partial charge in [0, 0.05) is 5.41 Å². The molecule has 0 amide bonds. The number of methoxy groups -OCH3 is 1. The van der Waals surface area contributed by atoms with Gasteiger partial charge < -0.3 is 9.47 Å². The van der Waals surface area contributed by atoms with Gasteiger partial charge in [-0.2, -0.15) is 5.26 Å². The zero-order valence-electron chi connectivity index (χ0n) is 16.1. The van der Waals surface area contributed by atoms with Gasteiger partial charge in [0.1, 0.15) is 23.3 Å². The van der Waals surface area contributed by atoms with E-state index < -0.39 is 0 Å². The maximum absolute atomic E-state index is 9.35. The molecule has 0 aliphatic carbocycles. The summed E-state index contributed by atoms with van der Waals surface area (Å²) in [7, 11) is 1.67. The first-order valence-corrected chi connectivity index (χ1v) is 8.88. The Kier molecular flexibility index (Phi) is 5.19. The Hall–Kier alpha value is -3.25. The number of hydrogen-bond donors (Lipinski definition) is 0. The van der Waals surface area contributed by atoms with E-state index in [0.717, 1.165) is 11.3 Å². The molecule has 0 unspecified atom stereocenters. The number of benzene rings is 3. The van der Waals surface area contributed by atoms with Gasteiger partial charge in [0.2, 0.25) is 0 Å². The smallest absolute Gasteiger partial charge is 0.145 e. The number of nitriles is 1. The highest BCUT2D eigenvalue weighted by atomic mass is 16.5. The second kappa shape index (κ2) is 7.55. The summed E-state index contributed by atoms with van der Waals surface area (Å²) in [6.45, 7) is 6.30. The maximum atomic E-state index is 9.35. The minimum atomic E-state index is -0.147. The molecule has 3 heteroatoms. The predicted octanol–water partition coefficient (Wildman–Crippen LogP) is 5.99. The molecule has 0 N–H and O–H groups in total. The molecule has 3 aromatic carbocycles. The van der Waals surface area contributed by atoms with Crippen LogP contribution >= 0.6 is 0 Å². The molecule has 0 fully saturated rings. The fourth-order valence-electron chi connectivity index (χ4n) is 3.11. The third-order valence-electron chi connectivity index (χ3n) is 4.96. The van der Waals surface area contributed by atoms with Crippen molar-refractivity contribution in [3.05, 3.63) is 89.0 Å². The van der Waals surface area contributed by atoms with Crippen LogP contribution < -0.4 is 9.47 Å². The molecular formula is C24H23NO2. The van der Waals surface area contributed by atoms with Gasteiger partial charge in [-0.3, -0.25) is 0 Å². The summed E-state index contributed by atoms with van der Waals surface area (Å²) in [6.07, 6.45) is 0. The van der Waals surface area contributed by atoms with Gasteiger partial charge in [-0.05, 0) is 53.9 Å². The van der Waals surface area contributed by atoms with E-state index in [1.165, 1.54) is 11.1 Å². The molecule has 0 spiro atoms. The Balaban J connectivity index is 1.84. The van der Waals surface area contributed by atoms with Crippen molar-refractivity contribution < 1.29 is 9.47 Å². The molecule has 0 aromatic heterocycles. The summed E-state index contributed by atoms with van der Waals surface area (Å²) >= 11 is 0. The Morgan fingerprint density at radius 3 is 1.89 bits per heavy atom. The van der Waals surface area contributed by atoms with E-state index in [4.69, 9.17) is 9.47 Å². The molecule has 0 saturated carbocycles. The van der Waals surface area contributed by atoms with Crippen molar-refractivity contribution in [1.29, 1.82) is 5.26 Å². The van der Waals surface area contributed by atoms with Crippen molar-refractivity contribution in [2.45, 2.75) is 26.2 Å². The summed E-state index contributed by atoms with van der Waals surface area (Å²) in [4.78, 5) is 0. The van der Waals surface area contributed by atoms with Crippen LogP contribution in [-0.4, -0.2) is 7.11 Å². The zero-order chi connectivity index (χ0) is 19.4. The monoisotopic (exact) mass is 357 g/mol. The van der Waals surface area contributed by atoms with Gasteiger partial charge in [-0.25, -0.2) is 0 Å². The molecule has 0 radical (unpaired) electrons. The molecule has 0 saturated heterocycles. The van der Waals surface area contributed by atoms with Gasteiger partial charge in [0.05, 0.1) is 12.7 Å². The second-order valence-corrected chi connectivity index (χ2v) is 7.04. The Labute approximate surface area is 160 Å². The average molecular weight is 357 g/mol. The van der Waals surface area contributed by atoms with E-state index in [1.807, 2.05) is 49.4 Å². The van der Waals surface area contributed by atoms with Crippen LogP contribution in [0.15, 0.2) is 66.7 Å². The molecule has 0 aliphatic heterocycles. The first-order chi connectivity index (χ1) is 13.0. The van der Waals surface area contributed by atoms with E-state index >= 15 is 0 Å². The minimum absolute atomic E-state index is 0.147. The van der Waals surface area contributed by atoms with Crippen molar-refractivity contribution in [1.82, 2.24) is 0 Å². The molecule has 0 bridgehead atoms. The van der Waals surface area contributed by atoms with E-state index in [1.54, 1.807) is 7.11 Å². The lowest BCUT2D eigenvalue weighted by Crippen LogP contribution is -2.18. The normalized spacial score (nSPS) is 10.9. The SMILES string of the molecule is COc1ccc(C(C)(C)c2ccc(Oc3cccc(C)c3C#N)cc2)cc1. The fourth-order valence-corrected chi connectivity index (χ4v) is 3.11. The summed E-state index contributed by atoms with van der Waals surface area (Å²) in [6, 6.07) is 24.0. The van der Waals surface area contributed by atoms with Gasteiger partial charge in [0.25, 0.3) is 0 Å². The van der Waals surface area contributed by atoms with Gasteiger partial charge in [-0.15, -0.1) is 0 Å². The lowest BCUT2D eigenvalue weighted by Gasteiger charge is -2.26. The Morgan fingerprint density at radius 2 is 1.37 bits per heavy atom. The highest BCUT2D eigenvalue weighted by Crippen LogP contribution is 2.34. The van der Waals surface area contributed by atoms with Gasteiger partial charge >= 0.3 is 0 Å². The minimum Gasteiger partial charge on any atom is -0.497 e. The molecule has 3 nitrogen and oxygen atoms in total. The summed E-state index contributed by atoms with van der Waals surface area (Å²) < 4.78 is 11.2. The number of hydrogen-bond acceptors (Lipinski definition) is 3. The van der Waals surface area contributed by atoms with E-state index in [2.05, 4.69) is 44.2 Å².